The number of nitrogens with zero attached hydrogens (tertiary/aromatic N) is 1. The number of amides is 1. The zero-order valence-corrected chi connectivity index (χ0v) is 29.8. The smallest absolute Gasteiger partial charge is 0.308 e. The molecule has 10 nitrogen and oxygen atoms in total. The fourth-order valence-electron chi connectivity index (χ4n) is 5.99. The van der Waals surface area contributed by atoms with Gasteiger partial charge in [0.05, 0.1) is 39.6 Å². The van der Waals surface area contributed by atoms with Crippen LogP contribution in [0.5, 0.6) is 0 Å². The minimum atomic E-state index is -3.75. The van der Waals surface area contributed by atoms with Crippen molar-refractivity contribution in [3.8, 4) is 0 Å². The molecule has 1 aliphatic heterocycles. The molecule has 3 aromatic carbocycles. The summed E-state index contributed by atoms with van der Waals surface area (Å²) >= 11 is 0. The van der Waals surface area contributed by atoms with Crippen LogP contribution in [0.1, 0.15) is 44.4 Å². The van der Waals surface area contributed by atoms with Gasteiger partial charge in [0, 0.05) is 6.92 Å². The molecule has 3 aromatic rings. The van der Waals surface area contributed by atoms with Crippen molar-refractivity contribution in [2.75, 3.05) is 39.5 Å². The van der Waals surface area contributed by atoms with Gasteiger partial charge in [-0.1, -0.05) is 91.0 Å². The van der Waals surface area contributed by atoms with E-state index in [1.807, 2.05) is 112 Å². The van der Waals surface area contributed by atoms with Gasteiger partial charge in [0.1, 0.15) is 50.2 Å². The van der Waals surface area contributed by atoms with Gasteiger partial charge >= 0.3 is 7.94 Å². The molecule has 6 atom stereocenters. The Bertz CT molecular complexity index is 1340. The van der Waals surface area contributed by atoms with Gasteiger partial charge in [-0.25, -0.2) is 4.52 Å². The number of carbonyl (C=O) groups excluding carboxylic acids is 1. The van der Waals surface area contributed by atoms with E-state index in [0.717, 1.165) is 16.7 Å². The summed E-state index contributed by atoms with van der Waals surface area (Å²) in [6, 6.07) is 28.8. The molecule has 0 bridgehead atoms. The fraction of sp³-hybridized carbons (Fsp3) is 0.486. The van der Waals surface area contributed by atoms with Gasteiger partial charge in [-0.15, -0.1) is 4.65 Å². The predicted octanol–water partition coefficient (Wildman–Crippen LogP) is 5.22. The number of benzene rings is 3. The Labute approximate surface area is 286 Å². The normalized spacial score (nSPS) is 22.6. The molecule has 1 aliphatic rings. The second-order valence-electron chi connectivity index (χ2n) is 12.0. The molecule has 1 amide bonds. The lowest BCUT2D eigenvalue weighted by atomic mass is 9.92. The third-order valence-corrected chi connectivity index (χ3v) is 10.8. The first-order chi connectivity index (χ1) is 23.2. The molecule has 4 rings (SSSR count). The summed E-state index contributed by atoms with van der Waals surface area (Å²) in [4.78, 5) is 27.2. The number of carbonyl (C=O) groups is 1. The number of nitrogens with one attached hydrogen (secondary N) is 1. The van der Waals surface area contributed by atoms with Crippen molar-refractivity contribution in [1.82, 2.24) is 5.32 Å². The number of hydrogen-bond acceptors (Lipinski definition) is 8. The SMILES string of the molecule is CC[N+](CC)(CC)O[P+]([O-])(C[C@H]1O[C@H](COCc2ccccc2)[C@@H](OCc2ccccc2)[C@H](OCc2ccccc2)[C@@H]1NC(C)=O)OC. The largest absolute Gasteiger partial charge is 0.627 e. The fourth-order valence-corrected chi connectivity index (χ4v) is 7.90. The van der Waals surface area contributed by atoms with Gasteiger partial charge < -0.3 is 29.2 Å². The Balaban J connectivity index is 1.70. The third kappa shape index (κ3) is 10.9. The van der Waals surface area contributed by atoms with Gasteiger partial charge in [0.25, 0.3) is 0 Å². The molecule has 0 radical (unpaired) electrons. The summed E-state index contributed by atoms with van der Waals surface area (Å²) in [6.07, 6.45) is -2.91. The highest BCUT2D eigenvalue weighted by molar-refractivity contribution is 7.59. The highest BCUT2D eigenvalue weighted by atomic mass is 31.2. The van der Waals surface area contributed by atoms with Crippen molar-refractivity contribution in [3.63, 3.8) is 0 Å². The van der Waals surface area contributed by atoms with Crippen LogP contribution in [0, 0.1) is 0 Å². The lowest BCUT2D eigenvalue weighted by Gasteiger charge is -2.47. The standard InChI is InChI=1S/C37H51N2O8P/c1-6-39(7-2,8-3)47-48(41,42-5)28-34-35(38-29(4)40)37(45-26-32-22-16-11-17-23-32)36(44-25-31-20-14-10-15-21-31)33(46-34)27-43-24-30-18-12-9-13-19-30/h9-23,33-37H,6-8,24-28H2,1-5H3/p+1/t33-,34-,35-,36-,37-,48?/m1/s1. The molecule has 1 unspecified atom stereocenters. The first-order valence-electron chi connectivity index (χ1n) is 16.8. The van der Waals surface area contributed by atoms with E-state index < -0.39 is 38.4 Å². The summed E-state index contributed by atoms with van der Waals surface area (Å²) in [6.45, 7) is 10.3. The Kier molecular flexibility index (Phi) is 14.9. The van der Waals surface area contributed by atoms with Crippen molar-refractivity contribution < 1.29 is 42.4 Å². The number of rotatable bonds is 19. The van der Waals surface area contributed by atoms with E-state index in [9.17, 15) is 9.69 Å². The van der Waals surface area contributed by atoms with E-state index in [0.29, 0.717) is 26.2 Å². The third-order valence-electron chi connectivity index (χ3n) is 8.84. The average molecular weight is 684 g/mol. The van der Waals surface area contributed by atoms with E-state index in [1.165, 1.54) is 14.0 Å². The molecule has 0 aliphatic carbocycles. The molecule has 1 N–H and O–H groups in total. The number of hydrogen-bond donors (Lipinski definition) is 1. The Hall–Kier alpha value is -2.76. The topological polar surface area (TPSA) is 108 Å². The van der Waals surface area contributed by atoms with Gasteiger partial charge in [0.15, 0.2) is 0 Å². The van der Waals surface area contributed by atoms with E-state index in [-0.39, 0.29) is 36.5 Å². The summed E-state index contributed by atoms with van der Waals surface area (Å²) in [5, 5.41) is 3.05. The molecule has 1 fully saturated rings. The molecule has 48 heavy (non-hydrogen) atoms. The highest BCUT2D eigenvalue weighted by Crippen LogP contribution is 2.55. The van der Waals surface area contributed by atoms with E-state index in [4.69, 9.17) is 28.1 Å². The van der Waals surface area contributed by atoms with Crippen molar-refractivity contribution in [2.45, 2.75) is 78.0 Å². The molecule has 0 spiro atoms. The van der Waals surface area contributed by atoms with Crippen LogP contribution in [0.25, 0.3) is 0 Å². The number of quaternary nitrogens is 1. The van der Waals surface area contributed by atoms with Crippen molar-refractivity contribution in [1.29, 1.82) is 0 Å². The highest BCUT2D eigenvalue weighted by Gasteiger charge is 2.53. The first-order valence-corrected chi connectivity index (χ1v) is 18.5. The number of hydroxylamine groups is 3. The van der Waals surface area contributed by atoms with Gasteiger partial charge in [-0.2, -0.15) is 0 Å². The lowest BCUT2D eigenvalue weighted by Crippen LogP contribution is -2.66. The zero-order chi connectivity index (χ0) is 34.4. The van der Waals surface area contributed by atoms with Crippen LogP contribution in [0.4, 0.5) is 0 Å². The van der Waals surface area contributed by atoms with Crippen LogP contribution < -0.4 is 10.2 Å². The van der Waals surface area contributed by atoms with Gasteiger partial charge in [-0.05, 0) is 42.1 Å². The van der Waals surface area contributed by atoms with E-state index in [2.05, 4.69) is 5.32 Å². The quantitative estimate of drug-likeness (QED) is 0.104. The predicted molar refractivity (Wildman–Crippen MR) is 184 cm³/mol. The lowest BCUT2D eigenvalue weighted by molar-refractivity contribution is -1.08. The van der Waals surface area contributed by atoms with E-state index in [1.54, 1.807) is 0 Å². The first kappa shape index (κ1) is 38.0. The molecule has 1 saturated heterocycles. The van der Waals surface area contributed by atoms with Crippen molar-refractivity contribution in [3.05, 3.63) is 108 Å². The number of ether oxygens (including phenoxy) is 4. The molecular formula is C37H52N2O8P+. The van der Waals surface area contributed by atoms with Crippen LogP contribution in [-0.2, 0) is 52.7 Å². The Morgan fingerprint density at radius 3 is 1.71 bits per heavy atom. The van der Waals surface area contributed by atoms with Crippen LogP contribution >= 0.6 is 7.94 Å². The maximum absolute atomic E-state index is 14.4. The minimum absolute atomic E-state index is 0.111. The second kappa shape index (κ2) is 18.9. The van der Waals surface area contributed by atoms with Gasteiger partial charge in [-0.3, -0.25) is 4.79 Å². The summed E-state index contributed by atoms with van der Waals surface area (Å²) in [5.74, 6) is -0.281. The maximum Gasteiger partial charge on any atom is 0.308 e. The molecule has 1 heterocycles. The molecule has 0 aromatic heterocycles. The summed E-state index contributed by atoms with van der Waals surface area (Å²) in [5.41, 5.74) is 2.96. The summed E-state index contributed by atoms with van der Waals surface area (Å²) in [7, 11) is -2.36. The summed E-state index contributed by atoms with van der Waals surface area (Å²) < 4.78 is 38.4. The van der Waals surface area contributed by atoms with Crippen LogP contribution in [0.2, 0.25) is 0 Å². The molecule has 0 saturated carbocycles. The maximum atomic E-state index is 14.4. The van der Waals surface area contributed by atoms with Crippen LogP contribution in [-0.4, -0.2) is 80.5 Å². The molecular weight excluding hydrogens is 631 g/mol. The van der Waals surface area contributed by atoms with E-state index >= 15 is 0 Å². The average Bonchev–Trinajstić information content (AvgIpc) is 3.11. The van der Waals surface area contributed by atoms with Crippen molar-refractivity contribution >= 4 is 13.9 Å². The molecule has 11 heteroatoms. The minimum Gasteiger partial charge on any atom is -0.627 e. The Morgan fingerprint density at radius 1 is 0.771 bits per heavy atom. The van der Waals surface area contributed by atoms with Crippen LogP contribution in [0.3, 0.4) is 0 Å². The molecule has 262 valence electrons. The monoisotopic (exact) mass is 683 g/mol. The van der Waals surface area contributed by atoms with Crippen LogP contribution in [0.15, 0.2) is 91.0 Å². The van der Waals surface area contributed by atoms with Gasteiger partial charge in [0.2, 0.25) is 5.91 Å². The zero-order valence-electron chi connectivity index (χ0n) is 28.9. The van der Waals surface area contributed by atoms with Crippen molar-refractivity contribution in [2.24, 2.45) is 0 Å². The second-order valence-corrected chi connectivity index (χ2v) is 14.1. The Morgan fingerprint density at radius 2 is 1.25 bits per heavy atom.